The van der Waals surface area contributed by atoms with Gasteiger partial charge in [0.25, 0.3) is 0 Å². The maximum Gasteiger partial charge on any atom is 0.409 e. The molecule has 0 aromatic carbocycles. The molecule has 0 aromatic rings. The van der Waals surface area contributed by atoms with E-state index in [1.807, 2.05) is 0 Å². The molecule has 1 N–H and O–H groups in total. The number of carbonyl (C=O) groups excluding carboxylic acids is 2. The third-order valence-electron chi connectivity index (χ3n) is 2.63. The van der Waals surface area contributed by atoms with E-state index in [0.29, 0.717) is 39.3 Å². The lowest BCUT2D eigenvalue weighted by atomic mass is 10.3. The second-order valence-corrected chi connectivity index (χ2v) is 3.76. The van der Waals surface area contributed by atoms with Crippen molar-refractivity contribution in [3.05, 3.63) is 12.7 Å². The molecule has 1 aliphatic rings. The standard InChI is InChI=1S/C11H19N3O3/c1-3-4-12-9-10(15)13-5-7-14(8-6-13)11(16)17-2/h3,12H,1,4-9H2,2H3. The number of hydrogen-bond donors (Lipinski definition) is 1. The van der Waals surface area contributed by atoms with E-state index in [1.54, 1.807) is 15.9 Å². The molecule has 0 aliphatic carbocycles. The lowest BCUT2D eigenvalue weighted by Crippen LogP contribution is -2.52. The summed E-state index contributed by atoms with van der Waals surface area (Å²) in [6.07, 6.45) is 1.38. The van der Waals surface area contributed by atoms with Crippen LogP contribution in [-0.2, 0) is 9.53 Å². The number of ether oxygens (including phenoxy) is 1. The predicted molar refractivity (Wildman–Crippen MR) is 63.6 cm³/mol. The molecule has 1 heterocycles. The summed E-state index contributed by atoms with van der Waals surface area (Å²) >= 11 is 0. The van der Waals surface area contributed by atoms with E-state index >= 15 is 0 Å². The molecular formula is C11H19N3O3. The van der Waals surface area contributed by atoms with Crippen molar-refractivity contribution < 1.29 is 14.3 Å². The maximum absolute atomic E-state index is 11.7. The molecule has 6 heteroatoms. The van der Waals surface area contributed by atoms with Crippen LogP contribution in [0.15, 0.2) is 12.7 Å². The molecule has 0 saturated carbocycles. The van der Waals surface area contributed by atoms with Crippen LogP contribution < -0.4 is 5.32 Å². The van der Waals surface area contributed by atoms with Crippen molar-refractivity contribution in [3.8, 4) is 0 Å². The third-order valence-corrected chi connectivity index (χ3v) is 2.63. The molecule has 96 valence electrons. The second-order valence-electron chi connectivity index (χ2n) is 3.76. The van der Waals surface area contributed by atoms with Crippen LogP contribution >= 0.6 is 0 Å². The van der Waals surface area contributed by atoms with Crippen LogP contribution in [0.1, 0.15) is 0 Å². The minimum atomic E-state index is -0.332. The van der Waals surface area contributed by atoms with Crippen molar-refractivity contribution in [1.29, 1.82) is 0 Å². The first-order valence-corrected chi connectivity index (χ1v) is 5.61. The lowest BCUT2D eigenvalue weighted by Gasteiger charge is -2.33. The molecule has 0 unspecified atom stereocenters. The third kappa shape index (κ3) is 4.07. The van der Waals surface area contributed by atoms with Gasteiger partial charge in [0.15, 0.2) is 0 Å². The Morgan fingerprint density at radius 1 is 1.29 bits per heavy atom. The normalized spacial score (nSPS) is 15.6. The number of hydrogen-bond acceptors (Lipinski definition) is 4. The van der Waals surface area contributed by atoms with Gasteiger partial charge in [-0.2, -0.15) is 0 Å². The van der Waals surface area contributed by atoms with Crippen LogP contribution in [0.5, 0.6) is 0 Å². The molecule has 0 spiro atoms. The molecule has 2 amide bonds. The van der Waals surface area contributed by atoms with Crippen molar-refractivity contribution in [2.45, 2.75) is 0 Å². The van der Waals surface area contributed by atoms with Gasteiger partial charge in [-0.25, -0.2) is 4.79 Å². The summed E-state index contributed by atoms with van der Waals surface area (Å²) in [5.41, 5.74) is 0. The zero-order valence-corrected chi connectivity index (χ0v) is 10.1. The van der Waals surface area contributed by atoms with Gasteiger partial charge < -0.3 is 19.9 Å². The molecule has 0 bridgehead atoms. The van der Waals surface area contributed by atoms with Gasteiger partial charge in [-0.1, -0.05) is 6.08 Å². The summed E-state index contributed by atoms with van der Waals surface area (Å²) in [7, 11) is 1.36. The summed E-state index contributed by atoms with van der Waals surface area (Å²) in [6, 6.07) is 0. The highest BCUT2D eigenvalue weighted by molar-refractivity contribution is 5.78. The zero-order chi connectivity index (χ0) is 12.7. The highest BCUT2D eigenvalue weighted by Crippen LogP contribution is 2.03. The smallest absolute Gasteiger partial charge is 0.409 e. The van der Waals surface area contributed by atoms with E-state index in [1.165, 1.54) is 7.11 Å². The number of methoxy groups -OCH3 is 1. The maximum atomic E-state index is 11.7. The monoisotopic (exact) mass is 241 g/mol. The molecule has 6 nitrogen and oxygen atoms in total. The van der Waals surface area contributed by atoms with Crippen molar-refractivity contribution in [1.82, 2.24) is 15.1 Å². The first kappa shape index (κ1) is 13.5. The highest BCUT2D eigenvalue weighted by Gasteiger charge is 2.23. The van der Waals surface area contributed by atoms with Crippen LogP contribution in [0.4, 0.5) is 4.79 Å². The summed E-state index contributed by atoms with van der Waals surface area (Å²) in [5, 5.41) is 2.96. The minimum absolute atomic E-state index is 0.0522. The van der Waals surface area contributed by atoms with E-state index < -0.39 is 0 Å². The summed E-state index contributed by atoms with van der Waals surface area (Å²) < 4.78 is 4.62. The van der Waals surface area contributed by atoms with Crippen LogP contribution in [0.3, 0.4) is 0 Å². The fourth-order valence-corrected chi connectivity index (χ4v) is 1.66. The summed E-state index contributed by atoms with van der Waals surface area (Å²) in [4.78, 5) is 26.3. The van der Waals surface area contributed by atoms with E-state index in [9.17, 15) is 9.59 Å². The van der Waals surface area contributed by atoms with Crippen LogP contribution in [0, 0.1) is 0 Å². The van der Waals surface area contributed by atoms with Gasteiger partial charge >= 0.3 is 6.09 Å². The Hall–Kier alpha value is -1.56. The van der Waals surface area contributed by atoms with Crippen LogP contribution in [0.25, 0.3) is 0 Å². The number of carbonyl (C=O) groups is 2. The SMILES string of the molecule is C=CCNCC(=O)N1CCN(C(=O)OC)CC1. The van der Waals surface area contributed by atoms with Crippen LogP contribution in [0.2, 0.25) is 0 Å². The molecule has 17 heavy (non-hydrogen) atoms. The number of nitrogens with zero attached hydrogens (tertiary/aromatic N) is 2. The lowest BCUT2D eigenvalue weighted by molar-refractivity contribution is -0.131. The van der Waals surface area contributed by atoms with Crippen molar-refractivity contribution in [3.63, 3.8) is 0 Å². The Kier molecular flexibility index (Phi) is 5.48. The quantitative estimate of drug-likeness (QED) is 0.541. The Balaban J connectivity index is 2.28. The van der Waals surface area contributed by atoms with Gasteiger partial charge in [-0.3, -0.25) is 4.79 Å². The molecule has 1 fully saturated rings. The van der Waals surface area contributed by atoms with Crippen molar-refractivity contribution in [2.75, 3.05) is 46.4 Å². The van der Waals surface area contributed by atoms with Gasteiger partial charge in [0, 0.05) is 32.7 Å². The Morgan fingerprint density at radius 3 is 2.41 bits per heavy atom. The van der Waals surface area contributed by atoms with Gasteiger partial charge in [-0.05, 0) is 0 Å². The summed E-state index contributed by atoms with van der Waals surface area (Å²) in [6.45, 7) is 6.67. The number of nitrogens with one attached hydrogen (secondary N) is 1. The molecule has 0 aromatic heterocycles. The van der Waals surface area contributed by atoms with E-state index in [4.69, 9.17) is 0 Å². The number of piperazine rings is 1. The molecule has 0 atom stereocenters. The first-order chi connectivity index (χ1) is 8.19. The van der Waals surface area contributed by atoms with E-state index in [2.05, 4.69) is 16.6 Å². The fourth-order valence-electron chi connectivity index (χ4n) is 1.66. The molecule has 1 saturated heterocycles. The van der Waals surface area contributed by atoms with Gasteiger partial charge in [0.2, 0.25) is 5.91 Å². The second kappa shape index (κ2) is 6.90. The Labute approximate surface area is 101 Å². The fraction of sp³-hybridized carbons (Fsp3) is 0.636. The average Bonchev–Trinajstić information content (AvgIpc) is 2.38. The zero-order valence-electron chi connectivity index (χ0n) is 10.1. The summed E-state index contributed by atoms with van der Waals surface area (Å²) in [5.74, 6) is 0.0522. The van der Waals surface area contributed by atoms with Crippen molar-refractivity contribution >= 4 is 12.0 Å². The average molecular weight is 241 g/mol. The topological polar surface area (TPSA) is 61.9 Å². The van der Waals surface area contributed by atoms with Gasteiger partial charge in [0.05, 0.1) is 13.7 Å². The van der Waals surface area contributed by atoms with Crippen molar-refractivity contribution in [2.24, 2.45) is 0 Å². The largest absolute Gasteiger partial charge is 0.453 e. The Bertz CT molecular complexity index is 286. The van der Waals surface area contributed by atoms with Gasteiger partial charge in [0.1, 0.15) is 0 Å². The number of rotatable bonds is 4. The van der Waals surface area contributed by atoms with Gasteiger partial charge in [-0.15, -0.1) is 6.58 Å². The first-order valence-electron chi connectivity index (χ1n) is 5.61. The van der Waals surface area contributed by atoms with E-state index in [0.717, 1.165) is 0 Å². The molecule has 1 aliphatic heterocycles. The van der Waals surface area contributed by atoms with E-state index in [-0.39, 0.29) is 12.0 Å². The molecule has 1 rings (SSSR count). The number of amides is 2. The predicted octanol–water partition coefficient (Wildman–Crippen LogP) is -0.327. The van der Waals surface area contributed by atoms with Crippen LogP contribution in [-0.4, -0.2) is 68.2 Å². The molecule has 0 radical (unpaired) electrons. The molecular weight excluding hydrogens is 222 g/mol. The minimum Gasteiger partial charge on any atom is -0.453 e. The Morgan fingerprint density at radius 2 is 1.88 bits per heavy atom. The highest BCUT2D eigenvalue weighted by atomic mass is 16.5.